The number of nitrogens with one attached hydrogen (secondary N) is 1. The Hall–Kier alpha value is -0.760. The fourth-order valence-electron chi connectivity index (χ4n) is 1.13. The molecule has 0 amide bonds. The van der Waals surface area contributed by atoms with E-state index in [0.717, 1.165) is 17.4 Å². The van der Waals surface area contributed by atoms with E-state index >= 15 is 0 Å². The summed E-state index contributed by atoms with van der Waals surface area (Å²) in [6, 6.07) is 6.24. The molecule has 70 valence electrons. The van der Waals surface area contributed by atoms with Gasteiger partial charge in [-0.25, -0.2) is 0 Å². The molecule has 1 rings (SSSR count). The van der Waals surface area contributed by atoms with Crippen LogP contribution in [0.25, 0.3) is 0 Å². The van der Waals surface area contributed by atoms with Crippen molar-refractivity contribution in [1.82, 2.24) is 0 Å². The van der Waals surface area contributed by atoms with Crippen LogP contribution in [0.15, 0.2) is 35.3 Å². The van der Waals surface area contributed by atoms with Crippen molar-refractivity contribution in [1.29, 1.82) is 0 Å². The molecule has 2 heteroatoms. The average Bonchev–Trinajstić information content (AvgIpc) is 2.09. The summed E-state index contributed by atoms with van der Waals surface area (Å²) >= 11 is 3.43. The minimum absolute atomic E-state index is 0.950. The van der Waals surface area contributed by atoms with Crippen molar-refractivity contribution in [3.63, 3.8) is 0 Å². The molecule has 0 atom stereocenters. The topological polar surface area (TPSA) is 12.0 Å². The molecule has 0 aromatic heterocycles. The lowest BCUT2D eigenvalue weighted by Gasteiger charge is -2.08. The van der Waals surface area contributed by atoms with E-state index in [9.17, 15) is 0 Å². The Morgan fingerprint density at radius 2 is 2.31 bits per heavy atom. The summed E-state index contributed by atoms with van der Waals surface area (Å²) in [6.45, 7) is 6.73. The molecule has 0 heterocycles. The van der Waals surface area contributed by atoms with Crippen LogP contribution in [-0.4, -0.2) is 6.54 Å². The van der Waals surface area contributed by atoms with Crippen molar-refractivity contribution in [3.8, 4) is 0 Å². The van der Waals surface area contributed by atoms with Crippen LogP contribution < -0.4 is 5.32 Å². The van der Waals surface area contributed by atoms with Crippen LogP contribution in [0.5, 0.6) is 0 Å². The van der Waals surface area contributed by atoms with Crippen molar-refractivity contribution in [3.05, 3.63) is 40.9 Å². The fraction of sp³-hybridized carbons (Fsp3) is 0.273. The molecule has 13 heavy (non-hydrogen) atoms. The first kappa shape index (κ1) is 10.3. The van der Waals surface area contributed by atoms with Gasteiger partial charge in [0.15, 0.2) is 0 Å². The van der Waals surface area contributed by atoms with Crippen LogP contribution in [0, 0.1) is 6.92 Å². The Balaban J connectivity index is 2.61. The normalized spacial score (nSPS) is 9.69. The van der Waals surface area contributed by atoms with Crippen LogP contribution in [0.3, 0.4) is 0 Å². The van der Waals surface area contributed by atoms with E-state index in [0.29, 0.717) is 0 Å². The van der Waals surface area contributed by atoms with Gasteiger partial charge in [-0.3, -0.25) is 0 Å². The molecule has 0 unspecified atom stereocenters. The van der Waals surface area contributed by atoms with Gasteiger partial charge < -0.3 is 5.32 Å². The zero-order valence-electron chi connectivity index (χ0n) is 7.81. The number of benzene rings is 1. The number of aryl methyl sites for hydroxylation is 1. The summed E-state index contributed by atoms with van der Waals surface area (Å²) in [6.07, 6.45) is 2.91. The predicted molar refractivity (Wildman–Crippen MR) is 62.2 cm³/mol. The molecule has 1 aromatic rings. The Bertz CT molecular complexity index is 294. The maximum absolute atomic E-state index is 3.68. The molecule has 0 aliphatic carbocycles. The van der Waals surface area contributed by atoms with Crippen molar-refractivity contribution >= 4 is 21.6 Å². The summed E-state index contributed by atoms with van der Waals surface area (Å²) in [5.41, 5.74) is 2.46. The number of anilines is 1. The molecule has 0 saturated heterocycles. The van der Waals surface area contributed by atoms with E-state index < -0.39 is 0 Å². The van der Waals surface area contributed by atoms with E-state index in [1.807, 2.05) is 12.1 Å². The summed E-state index contributed by atoms with van der Waals surface area (Å²) < 4.78 is 1.12. The molecule has 0 aliphatic rings. The average molecular weight is 240 g/mol. The molecule has 0 saturated carbocycles. The monoisotopic (exact) mass is 239 g/mol. The van der Waals surface area contributed by atoms with Gasteiger partial charge in [-0.1, -0.05) is 22.0 Å². The van der Waals surface area contributed by atoms with Gasteiger partial charge in [0.05, 0.1) is 0 Å². The quantitative estimate of drug-likeness (QED) is 0.624. The third kappa shape index (κ3) is 3.23. The van der Waals surface area contributed by atoms with Gasteiger partial charge in [0.2, 0.25) is 0 Å². The van der Waals surface area contributed by atoms with Crippen molar-refractivity contribution in [2.75, 3.05) is 11.9 Å². The lowest BCUT2D eigenvalue weighted by molar-refractivity contribution is 1.07. The molecule has 1 N–H and O–H groups in total. The molecular formula is C11H14BrN. The number of hydrogen-bond donors (Lipinski definition) is 1. The largest absolute Gasteiger partial charge is 0.385 e. The SMILES string of the molecule is C=CCCNc1ccc(Br)cc1C. The second-order valence-electron chi connectivity index (χ2n) is 2.96. The van der Waals surface area contributed by atoms with E-state index in [2.05, 4.69) is 46.9 Å². The van der Waals surface area contributed by atoms with Gasteiger partial charge in [0.1, 0.15) is 0 Å². The van der Waals surface area contributed by atoms with Gasteiger partial charge in [-0.05, 0) is 37.1 Å². The Kier molecular flexibility index (Phi) is 4.03. The second kappa shape index (κ2) is 5.07. The van der Waals surface area contributed by atoms with E-state index in [4.69, 9.17) is 0 Å². The summed E-state index contributed by atoms with van der Waals surface area (Å²) in [5, 5.41) is 3.35. The van der Waals surface area contributed by atoms with Crippen LogP contribution >= 0.6 is 15.9 Å². The number of rotatable bonds is 4. The van der Waals surface area contributed by atoms with Crippen molar-refractivity contribution < 1.29 is 0 Å². The summed E-state index contributed by atoms with van der Waals surface area (Å²) in [5.74, 6) is 0. The first-order chi connectivity index (χ1) is 6.24. The number of hydrogen-bond acceptors (Lipinski definition) is 1. The van der Waals surface area contributed by atoms with E-state index in [1.165, 1.54) is 11.3 Å². The van der Waals surface area contributed by atoms with Crippen LogP contribution in [0.4, 0.5) is 5.69 Å². The Morgan fingerprint density at radius 3 is 2.92 bits per heavy atom. The molecule has 1 nitrogen and oxygen atoms in total. The van der Waals surface area contributed by atoms with Gasteiger partial charge in [-0.2, -0.15) is 0 Å². The highest BCUT2D eigenvalue weighted by Crippen LogP contribution is 2.19. The lowest BCUT2D eigenvalue weighted by atomic mass is 10.2. The zero-order valence-corrected chi connectivity index (χ0v) is 9.39. The Labute approximate surface area is 88.0 Å². The maximum atomic E-state index is 3.68. The standard InChI is InChI=1S/C11H14BrN/c1-3-4-7-13-11-6-5-10(12)8-9(11)2/h3,5-6,8,13H,1,4,7H2,2H3. The van der Waals surface area contributed by atoms with E-state index in [-0.39, 0.29) is 0 Å². The Morgan fingerprint density at radius 1 is 1.54 bits per heavy atom. The molecule has 0 aliphatic heterocycles. The van der Waals surface area contributed by atoms with Gasteiger partial charge in [0.25, 0.3) is 0 Å². The van der Waals surface area contributed by atoms with Crippen molar-refractivity contribution in [2.45, 2.75) is 13.3 Å². The number of halogens is 1. The van der Waals surface area contributed by atoms with Crippen LogP contribution in [0.1, 0.15) is 12.0 Å². The van der Waals surface area contributed by atoms with Gasteiger partial charge >= 0.3 is 0 Å². The third-order valence-electron chi connectivity index (χ3n) is 1.85. The zero-order chi connectivity index (χ0) is 9.68. The molecular weight excluding hydrogens is 226 g/mol. The smallest absolute Gasteiger partial charge is 0.0370 e. The minimum Gasteiger partial charge on any atom is -0.385 e. The summed E-state index contributed by atoms with van der Waals surface area (Å²) in [7, 11) is 0. The second-order valence-corrected chi connectivity index (χ2v) is 3.88. The lowest BCUT2D eigenvalue weighted by Crippen LogP contribution is -2.01. The highest BCUT2D eigenvalue weighted by atomic mass is 79.9. The fourth-order valence-corrected chi connectivity index (χ4v) is 1.61. The molecule has 0 bridgehead atoms. The third-order valence-corrected chi connectivity index (χ3v) is 2.35. The summed E-state index contributed by atoms with van der Waals surface area (Å²) in [4.78, 5) is 0. The highest BCUT2D eigenvalue weighted by molar-refractivity contribution is 9.10. The maximum Gasteiger partial charge on any atom is 0.0370 e. The predicted octanol–water partition coefficient (Wildman–Crippen LogP) is 3.75. The van der Waals surface area contributed by atoms with Gasteiger partial charge in [0, 0.05) is 16.7 Å². The molecule has 0 fully saturated rings. The molecule has 1 aromatic carbocycles. The van der Waals surface area contributed by atoms with Crippen molar-refractivity contribution in [2.24, 2.45) is 0 Å². The first-order valence-electron chi connectivity index (χ1n) is 4.35. The van der Waals surface area contributed by atoms with Crippen LogP contribution in [-0.2, 0) is 0 Å². The van der Waals surface area contributed by atoms with Gasteiger partial charge in [-0.15, -0.1) is 6.58 Å². The minimum atomic E-state index is 0.950. The molecule has 0 radical (unpaired) electrons. The highest BCUT2D eigenvalue weighted by Gasteiger charge is 1.96. The van der Waals surface area contributed by atoms with E-state index in [1.54, 1.807) is 0 Å². The molecule has 0 spiro atoms. The first-order valence-corrected chi connectivity index (χ1v) is 5.14. The van der Waals surface area contributed by atoms with Crippen LogP contribution in [0.2, 0.25) is 0 Å².